The van der Waals surface area contributed by atoms with E-state index in [9.17, 15) is 0 Å². The molecule has 0 N–H and O–H groups in total. The fraction of sp³-hybridized carbons (Fsp3) is 0. The fourth-order valence-electron chi connectivity index (χ4n) is 6.58. The van der Waals surface area contributed by atoms with Gasteiger partial charge in [-0.1, -0.05) is 91.0 Å². The van der Waals surface area contributed by atoms with Gasteiger partial charge in [-0.05, 0) is 42.5 Å². The smallest absolute Gasteiger partial charge is 0.238 e. The fourth-order valence-corrected chi connectivity index (χ4v) is 7.70. The summed E-state index contributed by atoms with van der Waals surface area (Å²) in [7, 11) is 0. The van der Waals surface area contributed by atoms with Gasteiger partial charge in [0, 0.05) is 52.8 Å². The average Bonchev–Trinajstić information content (AvgIpc) is 3.76. The largest absolute Gasteiger partial charge is 0.456 e. The molecule has 5 nitrogen and oxygen atoms in total. The normalized spacial score (nSPS) is 12.0. The number of para-hydroxylation sites is 2. The molecule has 0 saturated carbocycles. The number of hydrogen-bond acceptors (Lipinski definition) is 5. The van der Waals surface area contributed by atoms with E-state index in [0.717, 1.165) is 44.1 Å². The molecular weight excluding hydrogens is 573 g/mol. The van der Waals surface area contributed by atoms with Gasteiger partial charge in [-0.3, -0.25) is 4.57 Å². The Labute approximate surface area is 260 Å². The van der Waals surface area contributed by atoms with Crippen molar-refractivity contribution in [2.24, 2.45) is 0 Å². The quantitative estimate of drug-likeness (QED) is 0.204. The minimum absolute atomic E-state index is 0.577. The first-order valence-electron chi connectivity index (χ1n) is 14.9. The van der Waals surface area contributed by atoms with Crippen molar-refractivity contribution in [1.29, 1.82) is 0 Å². The van der Waals surface area contributed by atoms with E-state index in [1.165, 1.54) is 30.9 Å². The van der Waals surface area contributed by atoms with Crippen LogP contribution in [0.3, 0.4) is 0 Å². The summed E-state index contributed by atoms with van der Waals surface area (Å²) < 4.78 is 11.0. The van der Waals surface area contributed by atoms with Crippen LogP contribution in [0, 0.1) is 0 Å². The Morgan fingerprint density at radius 2 is 1.16 bits per heavy atom. The van der Waals surface area contributed by atoms with Crippen LogP contribution in [0.25, 0.3) is 92.6 Å². The van der Waals surface area contributed by atoms with Gasteiger partial charge in [0.1, 0.15) is 11.2 Å². The molecule has 0 bridgehead atoms. The lowest BCUT2D eigenvalue weighted by molar-refractivity contribution is 0.669. The second-order valence-electron chi connectivity index (χ2n) is 11.3. The van der Waals surface area contributed by atoms with Crippen LogP contribution in [0.4, 0.5) is 0 Å². The van der Waals surface area contributed by atoms with Crippen LogP contribution in [0.5, 0.6) is 0 Å². The summed E-state index contributed by atoms with van der Waals surface area (Å²) in [6, 6.07) is 46.2. The first-order valence-corrected chi connectivity index (χ1v) is 15.7. The summed E-state index contributed by atoms with van der Waals surface area (Å²) >= 11 is 1.83. The minimum Gasteiger partial charge on any atom is -0.456 e. The van der Waals surface area contributed by atoms with Crippen molar-refractivity contribution < 1.29 is 4.42 Å². The molecule has 4 heterocycles. The topological polar surface area (TPSA) is 56.7 Å². The average molecular weight is 595 g/mol. The highest BCUT2D eigenvalue weighted by Gasteiger charge is 2.20. The van der Waals surface area contributed by atoms with E-state index in [0.29, 0.717) is 17.6 Å². The third-order valence-electron chi connectivity index (χ3n) is 8.66. The third kappa shape index (κ3) is 3.70. The van der Waals surface area contributed by atoms with E-state index >= 15 is 0 Å². The Morgan fingerprint density at radius 1 is 0.444 bits per heavy atom. The maximum absolute atomic E-state index is 6.24. The molecule has 0 radical (unpaired) electrons. The van der Waals surface area contributed by atoms with Gasteiger partial charge >= 0.3 is 0 Å². The lowest BCUT2D eigenvalue weighted by atomic mass is 10.1. The Morgan fingerprint density at radius 3 is 2.04 bits per heavy atom. The maximum atomic E-state index is 6.24. The molecule has 0 aliphatic rings. The molecule has 4 aromatic heterocycles. The summed E-state index contributed by atoms with van der Waals surface area (Å²) in [6.45, 7) is 0. The van der Waals surface area contributed by atoms with Crippen LogP contribution in [0.2, 0.25) is 0 Å². The molecule has 0 aliphatic heterocycles. The highest BCUT2D eigenvalue weighted by Crippen LogP contribution is 2.40. The Bertz CT molecular complexity index is 2770. The van der Waals surface area contributed by atoms with Crippen molar-refractivity contribution >= 4 is 75.3 Å². The molecule has 0 unspecified atom stereocenters. The van der Waals surface area contributed by atoms with Crippen LogP contribution >= 0.6 is 11.3 Å². The number of aromatic nitrogens is 4. The Balaban J connectivity index is 1.27. The molecule has 210 valence electrons. The van der Waals surface area contributed by atoms with Gasteiger partial charge in [0.2, 0.25) is 5.95 Å². The number of thiophene rings is 1. The molecule has 0 spiro atoms. The maximum Gasteiger partial charge on any atom is 0.238 e. The number of nitrogens with zero attached hydrogens (tertiary/aromatic N) is 4. The number of rotatable bonds is 3. The van der Waals surface area contributed by atoms with Crippen LogP contribution in [-0.2, 0) is 0 Å². The third-order valence-corrected chi connectivity index (χ3v) is 9.80. The van der Waals surface area contributed by atoms with Crippen molar-refractivity contribution in [1.82, 2.24) is 19.5 Å². The highest BCUT2D eigenvalue weighted by atomic mass is 32.1. The van der Waals surface area contributed by atoms with E-state index in [4.69, 9.17) is 19.4 Å². The van der Waals surface area contributed by atoms with Crippen molar-refractivity contribution in [3.63, 3.8) is 0 Å². The van der Waals surface area contributed by atoms with Crippen LogP contribution in [0.1, 0.15) is 0 Å². The lowest BCUT2D eigenvalue weighted by Gasteiger charge is -2.11. The summed E-state index contributed by atoms with van der Waals surface area (Å²) in [4.78, 5) is 15.3. The Kier molecular flexibility index (Phi) is 5.09. The highest BCUT2D eigenvalue weighted by molar-refractivity contribution is 7.25. The SMILES string of the molecule is c1ccc(-c2nc(-c3ccc4c(c3)oc3ccccc34)nc(-n3c4ccccc4c4cc5sc6ccccc6c5cc43)n2)cc1. The molecule has 45 heavy (non-hydrogen) atoms. The van der Waals surface area contributed by atoms with Gasteiger partial charge in [0.25, 0.3) is 0 Å². The van der Waals surface area contributed by atoms with Gasteiger partial charge in [-0.2, -0.15) is 9.97 Å². The van der Waals surface area contributed by atoms with Crippen LogP contribution < -0.4 is 0 Å². The van der Waals surface area contributed by atoms with Crippen molar-refractivity contribution in [3.05, 3.63) is 133 Å². The number of hydrogen-bond donors (Lipinski definition) is 0. The molecule has 0 saturated heterocycles. The van der Waals surface area contributed by atoms with Crippen molar-refractivity contribution in [2.75, 3.05) is 0 Å². The first-order chi connectivity index (χ1) is 22.3. The van der Waals surface area contributed by atoms with Crippen LogP contribution in [0.15, 0.2) is 138 Å². The molecule has 0 amide bonds. The number of benzene rings is 6. The molecular formula is C39H22N4OS. The Hall–Kier alpha value is -5.85. The number of furan rings is 1. The van der Waals surface area contributed by atoms with E-state index in [-0.39, 0.29) is 0 Å². The van der Waals surface area contributed by atoms with E-state index < -0.39 is 0 Å². The first kappa shape index (κ1) is 24.6. The van der Waals surface area contributed by atoms with Gasteiger partial charge in [0.15, 0.2) is 11.6 Å². The summed E-state index contributed by atoms with van der Waals surface area (Å²) in [5, 5.41) is 7.01. The van der Waals surface area contributed by atoms with Gasteiger partial charge < -0.3 is 4.42 Å². The summed E-state index contributed by atoms with van der Waals surface area (Å²) in [5.41, 5.74) is 5.59. The van der Waals surface area contributed by atoms with E-state index in [1.54, 1.807) is 0 Å². The molecule has 10 aromatic rings. The zero-order chi connectivity index (χ0) is 29.5. The van der Waals surface area contributed by atoms with Gasteiger partial charge in [-0.25, -0.2) is 4.98 Å². The van der Waals surface area contributed by atoms with Crippen LogP contribution in [-0.4, -0.2) is 19.5 Å². The molecule has 10 rings (SSSR count). The molecule has 0 atom stereocenters. The van der Waals surface area contributed by atoms with E-state index in [2.05, 4.69) is 83.4 Å². The predicted octanol–water partition coefficient (Wildman–Crippen LogP) is 10.6. The lowest BCUT2D eigenvalue weighted by Crippen LogP contribution is -2.06. The van der Waals surface area contributed by atoms with Gasteiger partial charge in [0.05, 0.1) is 11.0 Å². The second-order valence-corrected chi connectivity index (χ2v) is 12.4. The van der Waals surface area contributed by atoms with Gasteiger partial charge in [-0.15, -0.1) is 11.3 Å². The number of fused-ring (bicyclic) bond motifs is 9. The summed E-state index contributed by atoms with van der Waals surface area (Å²) in [6.07, 6.45) is 0. The summed E-state index contributed by atoms with van der Waals surface area (Å²) in [5.74, 6) is 1.79. The zero-order valence-corrected chi connectivity index (χ0v) is 24.6. The molecule has 0 aliphatic carbocycles. The molecule has 0 fully saturated rings. The predicted molar refractivity (Wildman–Crippen MR) is 185 cm³/mol. The molecule has 6 aromatic carbocycles. The van der Waals surface area contributed by atoms with Crippen molar-refractivity contribution in [2.45, 2.75) is 0 Å². The standard InChI is InChI=1S/C39H22N4OS/c1-2-10-23(11-3-1)37-40-38(24-18-19-27-26-13-5-8-16-33(26)44-34(27)20-24)42-39(41-37)43-31-15-7-4-12-25(31)29-22-36-30(21-32(29)43)28-14-6-9-17-35(28)45-36/h1-22H. The minimum atomic E-state index is 0.577. The van der Waals surface area contributed by atoms with E-state index in [1.807, 2.05) is 65.9 Å². The zero-order valence-electron chi connectivity index (χ0n) is 23.8. The monoisotopic (exact) mass is 594 g/mol. The molecule has 6 heteroatoms. The van der Waals surface area contributed by atoms with Crippen molar-refractivity contribution in [3.8, 4) is 28.7 Å². The second kappa shape index (κ2) is 9.32.